The number of nitrogens with one attached hydrogen (secondary N) is 1. The van der Waals surface area contributed by atoms with Gasteiger partial charge in [0.2, 0.25) is 5.91 Å². The lowest BCUT2D eigenvalue weighted by Gasteiger charge is -2.14. The number of carbonyl (C=O) groups excluding carboxylic acids is 1. The van der Waals surface area contributed by atoms with Crippen molar-refractivity contribution in [3.63, 3.8) is 0 Å². The van der Waals surface area contributed by atoms with Crippen LogP contribution in [0.5, 0.6) is 17.2 Å². The molecule has 0 spiro atoms. The predicted octanol–water partition coefficient (Wildman–Crippen LogP) is 6.59. The molecule has 1 N–H and O–H groups in total. The molecule has 1 amide bonds. The lowest BCUT2D eigenvalue weighted by molar-refractivity contribution is -0.116. The number of hydrogen-bond donors (Lipinski definition) is 1. The summed E-state index contributed by atoms with van der Waals surface area (Å²) in [7, 11) is 4.90. The van der Waals surface area contributed by atoms with Crippen molar-refractivity contribution in [1.82, 2.24) is 5.32 Å². The molecule has 4 rings (SSSR count). The van der Waals surface area contributed by atoms with E-state index in [-0.39, 0.29) is 5.91 Å². The number of furan rings is 1. The minimum atomic E-state index is -0.132. The first-order chi connectivity index (χ1) is 18.0. The van der Waals surface area contributed by atoms with Crippen LogP contribution in [-0.2, 0) is 11.2 Å². The second-order valence-electron chi connectivity index (χ2n) is 8.88. The third-order valence-corrected chi connectivity index (χ3v) is 6.50. The van der Waals surface area contributed by atoms with Gasteiger partial charge in [0, 0.05) is 40.3 Å². The van der Waals surface area contributed by atoms with Crippen LogP contribution in [-0.4, -0.2) is 33.8 Å². The summed E-state index contributed by atoms with van der Waals surface area (Å²) in [5, 5.41) is 3.90. The van der Waals surface area contributed by atoms with Crippen LogP contribution >= 0.6 is 0 Å². The van der Waals surface area contributed by atoms with Gasteiger partial charge in [0.25, 0.3) is 0 Å². The Morgan fingerprint density at radius 3 is 2.46 bits per heavy atom. The third-order valence-electron chi connectivity index (χ3n) is 6.50. The molecule has 1 aromatic heterocycles. The highest BCUT2D eigenvalue weighted by Gasteiger charge is 2.20. The number of fused-ring (bicyclic) bond motifs is 1. The van der Waals surface area contributed by atoms with Gasteiger partial charge in [0.1, 0.15) is 22.8 Å². The molecule has 0 aliphatic carbocycles. The van der Waals surface area contributed by atoms with E-state index in [1.54, 1.807) is 33.7 Å². The summed E-state index contributed by atoms with van der Waals surface area (Å²) >= 11 is 0. The Morgan fingerprint density at radius 2 is 1.76 bits per heavy atom. The first kappa shape index (κ1) is 25.9. The van der Waals surface area contributed by atoms with Crippen LogP contribution in [0.25, 0.3) is 27.7 Å². The number of carbonyl (C=O) groups is 1. The van der Waals surface area contributed by atoms with E-state index in [1.165, 1.54) is 5.56 Å². The summed E-state index contributed by atoms with van der Waals surface area (Å²) in [5.74, 6) is 1.97. The van der Waals surface area contributed by atoms with Gasteiger partial charge < -0.3 is 23.9 Å². The number of allylic oxidation sites excluding steroid dienone is 1. The van der Waals surface area contributed by atoms with Crippen molar-refractivity contribution in [1.29, 1.82) is 0 Å². The first-order valence-electron chi connectivity index (χ1n) is 12.3. The second kappa shape index (κ2) is 11.7. The van der Waals surface area contributed by atoms with Gasteiger partial charge in [-0.05, 0) is 62.1 Å². The Morgan fingerprint density at radius 1 is 0.973 bits per heavy atom. The van der Waals surface area contributed by atoms with E-state index in [1.807, 2.05) is 56.3 Å². The van der Waals surface area contributed by atoms with E-state index >= 15 is 0 Å². The highest BCUT2D eigenvalue weighted by molar-refractivity contribution is 6.02. The molecule has 37 heavy (non-hydrogen) atoms. The van der Waals surface area contributed by atoms with Crippen LogP contribution in [0.4, 0.5) is 0 Å². The van der Waals surface area contributed by atoms with Gasteiger partial charge in [-0.2, -0.15) is 0 Å². The lowest BCUT2D eigenvalue weighted by Crippen LogP contribution is -2.22. The average molecular weight is 500 g/mol. The summed E-state index contributed by atoms with van der Waals surface area (Å²) in [5.41, 5.74) is 6.20. The molecule has 0 aliphatic rings. The maximum atomic E-state index is 12.7. The Labute approximate surface area is 217 Å². The highest BCUT2D eigenvalue weighted by atomic mass is 16.5. The molecular weight excluding hydrogens is 466 g/mol. The monoisotopic (exact) mass is 499 g/mol. The fraction of sp³-hybridized carbons (Fsp3) is 0.258. The van der Waals surface area contributed by atoms with E-state index in [0.29, 0.717) is 18.0 Å². The van der Waals surface area contributed by atoms with Crippen molar-refractivity contribution in [2.75, 3.05) is 27.9 Å². The smallest absolute Gasteiger partial charge is 0.244 e. The molecule has 0 bridgehead atoms. The molecular formula is C31H33NO5. The number of aryl methyl sites for hydroxylation is 2. The van der Waals surface area contributed by atoms with Crippen LogP contribution in [0.3, 0.4) is 0 Å². The SMILES string of the molecule is COc1ccc(OC)c(-c2coc3c(C)c(OC)c(/C(C)=C/C(=O)NCCCc4ccccc4)cc23)c1. The molecule has 0 radical (unpaired) electrons. The topological polar surface area (TPSA) is 69.9 Å². The molecule has 192 valence electrons. The van der Waals surface area contributed by atoms with Crippen LogP contribution in [0.2, 0.25) is 0 Å². The summed E-state index contributed by atoms with van der Waals surface area (Å²) in [6.45, 7) is 4.48. The van der Waals surface area contributed by atoms with Crippen molar-refractivity contribution >= 4 is 22.4 Å². The standard InChI is InChI=1S/C31H33NO5/c1-20(16-29(33)32-15-9-12-22-10-7-6-8-11-22)24-18-26-27(19-37-31(26)21(2)30(24)36-5)25-17-23(34-3)13-14-28(25)35-4/h6-8,10-11,13-14,16-19H,9,12,15H2,1-5H3,(H,32,33)/b20-16+. The predicted molar refractivity (Wildman–Crippen MR) is 147 cm³/mol. The summed E-state index contributed by atoms with van der Waals surface area (Å²) in [6, 6.07) is 17.9. The number of amides is 1. The van der Waals surface area contributed by atoms with Crippen molar-refractivity contribution in [3.8, 4) is 28.4 Å². The quantitative estimate of drug-likeness (QED) is 0.197. The van der Waals surface area contributed by atoms with Crippen molar-refractivity contribution in [3.05, 3.63) is 83.6 Å². The van der Waals surface area contributed by atoms with Gasteiger partial charge in [-0.25, -0.2) is 0 Å². The Bertz CT molecular complexity index is 1420. The van der Waals surface area contributed by atoms with Crippen molar-refractivity contribution < 1.29 is 23.4 Å². The Balaban J connectivity index is 1.63. The number of methoxy groups -OCH3 is 3. The van der Waals surface area contributed by atoms with Crippen LogP contribution < -0.4 is 19.5 Å². The van der Waals surface area contributed by atoms with Crippen molar-refractivity contribution in [2.45, 2.75) is 26.7 Å². The number of benzene rings is 3. The normalized spacial score (nSPS) is 11.4. The molecule has 1 heterocycles. The van der Waals surface area contributed by atoms with Gasteiger partial charge in [0.05, 0.1) is 27.6 Å². The second-order valence-corrected chi connectivity index (χ2v) is 8.88. The summed E-state index contributed by atoms with van der Waals surface area (Å²) < 4.78 is 22.8. The van der Waals surface area contributed by atoms with Gasteiger partial charge >= 0.3 is 0 Å². The summed E-state index contributed by atoms with van der Waals surface area (Å²) in [4.78, 5) is 12.7. The minimum Gasteiger partial charge on any atom is -0.497 e. The molecule has 0 saturated carbocycles. The number of ether oxygens (including phenoxy) is 3. The fourth-order valence-electron chi connectivity index (χ4n) is 4.58. The maximum absolute atomic E-state index is 12.7. The zero-order valence-electron chi connectivity index (χ0n) is 22.0. The first-order valence-corrected chi connectivity index (χ1v) is 12.3. The van der Waals surface area contributed by atoms with Gasteiger partial charge in [0.15, 0.2) is 0 Å². The molecule has 0 unspecified atom stereocenters. The largest absolute Gasteiger partial charge is 0.497 e. The van der Waals surface area contributed by atoms with Gasteiger partial charge in [-0.15, -0.1) is 0 Å². The molecule has 6 nitrogen and oxygen atoms in total. The van der Waals surface area contributed by atoms with Crippen LogP contribution in [0.1, 0.15) is 30.0 Å². The van der Waals surface area contributed by atoms with Crippen LogP contribution in [0.15, 0.2) is 71.4 Å². The van der Waals surface area contributed by atoms with Crippen molar-refractivity contribution in [2.24, 2.45) is 0 Å². The molecule has 0 aliphatic heterocycles. The molecule has 0 fully saturated rings. The molecule has 6 heteroatoms. The van der Waals surface area contributed by atoms with Gasteiger partial charge in [-0.3, -0.25) is 4.79 Å². The molecule has 0 saturated heterocycles. The van der Waals surface area contributed by atoms with E-state index < -0.39 is 0 Å². The van der Waals surface area contributed by atoms with E-state index in [4.69, 9.17) is 18.6 Å². The molecule has 3 aromatic carbocycles. The minimum absolute atomic E-state index is 0.132. The van der Waals surface area contributed by atoms with Gasteiger partial charge in [-0.1, -0.05) is 30.3 Å². The number of rotatable bonds is 10. The lowest BCUT2D eigenvalue weighted by atomic mass is 9.96. The summed E-state index contributed by atoms with van der Waals surface area (Å²) in [6.07, 6.45) is 5.14. The van der Waals surface area contributed by atoms with E-state index in [2.05, 4.69) is 17.4 Å². The zero-order valence-corrected chi connectivity index (χ0v) is 22.0. The highest BCUT2D eigenvalue weighted by Crippen LogP contribution is 2.43. The van der Waals surface area contributed by atoms with E-state index in [9.17, 15) is 4.79 Å². The third kappa shape index (κ3) is 5.64. The fourth-order valence-corrected chi connectivity index (χ4v) is 4.58. The molecule has 4 aromatic rings. The Kier molecular flexibility index (Phi) is 8.18. The number of hydrogen-bond acceptors (Lipinski definition) is 5. The molecule has 0 atom stereocenters. The zero-order chi connectivity index (χ0) is 26.4. The Hall–Kier alpha value is -4.19. The van der Waals surface area contributed by atoms with Crippen LogP contribution in [0, 0.1) is 6.92 Å². The average Bonchev–Trinajstić information content (AvgIpc) is 3.35. The maximum Gasteiger partial charge on any atom is 0.244 e. The van der Waals surface area contributed by atoms with E-state index in [0.717, 1.165) is 57.4 Å².